The lowest BCUT2D eigenvalue weighted by atomic mass is 9.88. The maximum Gasteiger partial charge on any atom is 0.255 e. The lowest BCUT2D eigenvalue weighted by Gasteiger charge is -2.49. The van der Waals surface area contributed by atoms with E-state index in [0.717, 1.165) is 57.7 Å². The van der Waals surface area contributed by atoms with Gasteiger partial charge in [0.1, 0.15) is 6.10 Å². The van der Waals surface area contributed by atoms with Gasteiger partial charge in [0.05, 0.1) is 12.1 Å². The van der Waals surface area contributed by atoms with E-state index < -0.39 is 6.10 Å². The Morgan fingerprint density at radius 3 is 2.48 bits per heavy atom. The molecule has 1 aromatic carbocycles. The fourth-order valence-corrected chi connectivity index (χ4v) is 4.54. The molecule has 1 unspecified atom stereocenters. The van der Waals surface area contributed by atoms with E-state index in [4.69, 9.17) is 4.74 Å². The number of morpholine rings is 1. The van der Waals surface area contributed by atoms with Crippen LogP contribution in [0.2, 0.25) is 0 Å². The van der Waals surface area contributed by atoms with Crippen LogP contribution in [-0.4, -0.2) is 72.6 Å². The van der Waals surface area contributed by atoms with Gasteiger partial charge in [0.2, 0.25) is 5.91 Å². The zero-order valence-corrected chi connectivity index (χ0v) is 16.1. The van der Waals surface area contributed by atoms with E-state index in [0.29, 0.717) is 18.9 Å². The molecule has 1 atom stereocenters. The monoisotopic (exact) mass is 371 g/mol. The molecule has 1 aromatic rings. The molecule has 0 radical (unpaired) electrons. The summed E-state index contributed by atoms with van der Waals surface area (Å²) in [7, 11) is 0. The van der Waals surface area contributed by atoms with E-state index in [1.54, 1.807) is 0 Å². The Kier molecular flexibility index (Phi) is 5.19. The van der Waals surface area contributed by atoms with Crippen LogP contribution in [-0.2, 0) is 14.3 Å². The molecule has 0 N–H and O–H groups in total. The van der Waals surface area contributed by atoms with Crippen molar-refractivity contribution in [1.29, 1.82) is 0 Å². The molecule has 3 fully saturated rings. The van der Waals surface area contributed by atoms with E-state index in [9.17, 15) is 9.59 Å². The van der Waals surface area contributed by atoms with Crippen LogP contribution in [0.3, 0.4) is 0 Å². The van der Waals surface area contributed by atoms with Crippen molar-refractivity contribution in [2.24, 2.45) is 0 Å². The van der Waals surface area contributed by atoms with Crippen LogP contribution in [0, 0.1) is 0 Å². The summed E-state index contributed by atoms with van der Waals surface area (Å²) in [6, 6.07) is 9.89. The van der Waals surface area contributed by atoms with Crippen LogP contribution < -0.4 is 4.90 Å². The number of rotatable bonds is 4. The first-order valence-corrected chi connectivity index (χ1v) is 10.1. The number of anilines is 1. The molecule has 3 heterocycles. The van der Waals surface area contributed by atoms with Crippen molar-refractivity contribution < 1.29 is 14.3 Å². The normalized spacial score (nSPS) is 26.2. The van der Waals surface area contributed by atoms with Crippen molar-refractivity contribution in [2.45, 2.75) is 44.3 Å². The van der Waals surface area contributed by atoms with Crippen LogP contribution in [0.25, 0.3) is 0 Å². The summed E-state index contributed by atoms with van der Waals surface area (Å²) in [5.41, 5.74) is 0.690. The molecular weight excluding hydrogens is 342 g/mol. The minimum atomic E-state index is -0.410. The fourth-order valence-electron chi connectivity index (χ4n) is 4.54. The molecule has 0 bridgehead atoms. The quantitative estimate of drug-likeness (QED) is 0.811. The highest BCUT2D eigenvalue weighted by Crippen LogP contribution is 2.34. The summed E-state index contributed by atoms with van der Waals surface area (Å²) < 4.78 is 6.24. The van der Waals surface area contributed by atoms with Gasteiger partial charge in [-0.1, -0.05) is 18.2 Å². The molecule has 3 aliphatic heterocycles. The Bertz CT molecular complexity index is 685. The van der Waals surface area contributed by atoms with Gasteiger partial charge in [0.25, 0.3) is 5.91 Å². The number of para-hydroxylation sites is 1. The van der Waals surface area contributed by atoms with Gasteiger partial charge in [-0.25, -0.2) is 0 Å². The number of hydrogen-bond acceptors (Lipinski definition) is 4. The molecule has 0 aromatic heterocycles. The second-order valence-electron chi connectivity index (χ2n) is 8.03. The first-order chi connectivity index (χ1) is 13.1. The molecule has 6 heteroatoms. The summed E-state index contributed by atoms with van der Waals surface area (Å²) in [5.74, 6) is 0.340. The maximum atomic E-state index is 12.6. The first-order valence-electron chi connectivity index (χ1n) is 10.1. The highest BCUT2D eigenvalue weighted by atomic mass is 16.5. The highest BCUT2D eigenvalue weighted by Gasteiger charge is 2.45. The Balaban J connectivity index is 1.36. The zero-order valence-electron chi connectivity index (χ0n) is 16.1. The summed E-state index contributed by atoms with van der Waals surface area (Å²) >= 11 is 0. The third kappa shape index (κ3) is 3.87. The number of ether oxygens (including phenoxy) is 1. The lowest BCUT2D eigenvalue weighted by molar-refractivity contribution is -0.161. The van der Waals surface area contributed by atoms with Gasteiger partial charge in [-0.2, -0.15) is 0 Å². The average molecular weight is 371 g/mol. The standard InChI is InChI=1S/C21H29N3O3/c1-17-20(26)24(18-6-3-2-4-7-18)16-21(27-17)9-12-22(13-10-21)14-15-23-11-5-8-19(23)25/h2-4,6-7,17H,5,8-16H2,1H3. The number of piperidine rings is 1. The second kappa shape index (κ2) is 7.60. The van der Waals surface area contributed by atoms with E-state index in [1.807, 2.05) is 47.1 Å². The molecule has 27 heavy (non-hydrogen) atoms. The summed E-state index contributed by atoms with van der Waals surface area (Å²) in [4.78, 5) is 30.7. The van der Waals surface area contributed by atoms with Crippen molar-refractivity contribution in [3.05, 3.63) is 30.3 Å². The Morgan fingerprint density at radius 2 is 1.81 bits per heavy atom. The molecule has 0 aliphatic carbocycles. The Labute approximate surface area is 161 Å². The molecule has 2 amide bonds. The summed E-state index contributed by atoms with van der Waals surface area (Å²) in [6.45, 7) is 7.06. The maximum absolute atomic E-state index is 12.6. The van der Waals surface area contributed by atoms with Gasteiger partial charge in [0.15, 0.2) is 0 Å². The van der Waals surface area contributed by atoms with Crippen molar-refractivity contribution >= 4 is 17.5 Å². The van der Waals surface area contributed by atoms with Gasteiger partial charge in [-0.15, -0.1) is 0 Å². The van der Waals surface area contributed by atoms with Crippen LogP contribution in [0.15, 0.2) is 30.3 Å². The molecule has 3 saturated heterocycles. The molecule has 1 spiro atoms. The zero-order chi connectivity index (χ0) is 18.9. The van der Waals surface area contributed by atoms with Crippen molar-refractivity contribution in [1.82, 2.24) is 9.80 Å². The van der Waals surface area contributed by atoms with E-state index in [1.165, 1.54) is 0 Å². The number of amides is 2. The third-order valence-electron chi connectivity index (χ3n) is 6.18. The van der Waals surface area contributed by atoms with Crippen LogP contribution in [0.5, 0.6) is 0 Å². The second-order valence-corrected chi connectivity index (χ2v) is 8.03. The Hall–Kier alpha value is -1.92. The minimum absolute atomic E-state index is 0.0433. The smallest absolute Gasteiger partial charge is 0.255 e. The number of nitrogens with zero attached hydrogens (tertiary/aromatic N) is 3. The largest absolute Gasteiger partial charge is 0.360 e. The van der Waals surface area contributed by atoms with E-state index >= 15 is 0 Å². The Morgan fingerprint density at radius 1 is 1.07 bits per heavy atom. The van der Waals surface area contributed by atoms with Gasteiger partial charge < -0.3 is 19.4 Å². The third-order valence-corrected chi connectivity index (χ3v) is 6.18. The summed E-state index contributed by atoms with van der Waals surface area (Å²) in [5, 5.41) is 0. The summed E-state index contributed by atoms with van der Waals surface area (Å²) in [6.07, 6.45) is 3.13. The molecular formula is C21H29N3O3. The van der Waals surface area contributed by atoms with Gasteiger partial charge >= 0.3 is 0 Å². The van der Waals surface area contributed by atoms with Crippen LogP contribution in [0.4, 0.5) is 5.69 Å². The van der Waals surface area contributed by atoms with Crippen molar-refractivity contribution in [3.8, 4) is 0 Å². The number of carbonyl (C=O) groups excluding carboxylic acids is 2. The van der Waals surface area contributed by atoms with E-state index in [-0.39, 0.29) is 11.5 Å². The molecule has 6 nitrogen and oxygen atoms in total. The van der Waals surface area contributed by atoms with Gasteiger partial charge in [-0.05, 0) is 38.3 Å². The fraction of sp³-hybridized carbons (Fsp3) is 0.619. The first kappa shape index (κ1) is 18.4. The van der Waals surface area contributed by atoms with Gasteiger partial charge in [0, 0.05) is 44.8 Å². The topological polar surface area (TPSA) is 53.1 Å². The minimum Gasteiger partial charge on any atom is -0.360 e. The predicted octanol–water partition coefficient (Wildman–Crippen LogP) is 1.90. The molecule has 146 valence electrons. The molecule has 3 aliphatic rings. The number of benzene rings is 1. The van der Waals surface area contributed by atoms with Crippen molar-refractivity contribution in [2.75, 3.05) is 44.2 Å². The number of hydrogen-bond donors (Lipinski definition) is 0. The van der Waals surface area contributed by atoms with E-state index in [2.05, 4.69) is 4.90 Å². The lowest BCUT2D eigenvalue weighted by Crippen LogP contribution is -2.61. The molecule has 0 saturated carbocycles. The van der Waals surface area contributed by atoms with Crippen LogP contribution >= 0.6 is 0 Å². The number of carbonyl (C=O) groups is 2. The number of likely N-dealkylation sites (tertiary alicyclic amines) is 2. The SMILES string of the molecule is CC1OC2(CCN(CCN3CCCC3=O)CC2)CN(c2ccccc2)C1=O. The predicted molar refractivity (Wildman–Crippen MR) is 104 cm³/mol. The van der Waals surface area contributed by atoms with Crippen molar-refractivity contribution in [3.63, 3.8) is 0 Å². The molecule has 4 rings (SSSR count). The highest BCUT2D eigenvalue weighted by molar-refractivity contribution is 5.97. The van der Waals surface area contributed by atoms with Gasteiger partial charge in [-0.3, -0.25) is 9.59 Å². The average Bonchev–Trinajstić information content (AvgIpc) is 3.10. The van der Waals surface area contributed by atoms with Crippen LogP contribution in [0.1, 0.15) is 32.6 Å².